The number of nitrogens with zero attached hydrogens (tertiary/aromatic N) is 2. The normalized spacial score (nSPS) is 16.6. The fourth-order valence-corrected chi connectivity index (χ4v) is 4.76. The summed E-state index contributed by atoms with van der Waals surface area (Å²) in [6.07, 6.45) is 3.14. The van der Waals surface area contributed by atoms with Gasteiger partial charge in [-0.2, -0.15) is 0 Å². The van der Waals surface area contributed by atoms with E-state index in [9.17, 15) is 9.59 Å². The van der Waals surface area contributed by atoms with Gasteiger partial charge in [0.05, 0.1) is 24.3 Å². The lowest BCUT2D eigenvalue weighted by molar-refractivity contribution is 0.0374. The molecule has 0 aromatic heterocycles. The number of hydrogen-bond acceptors (Lipinski definition) is 5. The summed E-state index contributed by atoms with van der Waals surface area (Å²) in [4.78, 5) is 30.5. The lowest BCUT2D eigenvalue weighted by Gasteiger charge is -2.26. The summed E-state index contributed by atoms with van der Waals surface area (Å²) in [5.74, 6) is -0.316. The number of rotatable bonds is 8. The molecule has 4 rings (SSSR count). The van der Waals surface area contributed by atoms with Crippen molar-refractivity contribution in [2.45, 2.75) is 19.3 Å². The molecule has 7 nitrogen and oxygen atoms in total. The number of carbonyl (C=O) groups is 2. The van der Waals surface area contributed by atoms with Crippen molar-refractivity contribution in [1.82, 2.24) is 10.2 Å². The molecule has 0 atom stereocenters. The topological polar surface area (TPSA) is 73.9 Å². The van der Waals surface area contributed by atoms with Gasteiger partial charge >= 0.3 is 0 Å². The summed E-state index contributed by atoms with van der Waals surface area (Å²) >= 11 is 3.43. The average molecular weight is 515 g/mol. The molecule has 0 unspecified atom stereocenters. The van der Waals surface area contributed by atoms with Gasteiger partial charge in [0.25, 0.3) is 11.8 Å². The molecule has 2 saturated heterocycles. The first-order valence-electron chi connectivity index (χ1n) is 11.6. The fraction of sp³-hybridized carbons (Fsp3) is 0.440. The second kappa shape index (κ2) is 11.6. The quantitative estimate of drug-likeness (QED) is 0.524. The zero-order valence-electron chi connectivity index (χ0n) is 18.8. The Bertz CT molecular complexity index is 972. The van der Waals surface area contributed by atoms with Crippen LogP contribution >= 0.6 is 15.9 Å². The van der Waals surface area contributed by atoms with Crippen molar-refractivity contribution in [3.05, 3.63) is 58.1 Å². The Kier molecular flexibility index (Phi) is 8.36. The van der Waals surface area contributed by atoms with Crippen molar-refractivity contribution >= 4 is 39.1 Å². The molecule has 0 bridgehead atoms. The van der Waals surface area contributed by atoms with E-state index in [4.69, 9.17) is 4.74 Å². The lowest BCUT2D eigenvalue weighted by atomic mass is 10.1. The number of amides is 2. The molecule has 8 heteroatoms. The molecule has 2 amide bonds. The molecule has 33 heavy (non-hydrogen) atoms. The van der Waals surface area contributed by atoms with E-state index < -0.39 is 0 Å². The van der Waals surface area contributed by atoms with Crippen molar-refractivity contribution in [3.8, 4) is 0 Å². The third kappa shape index (κ3) is 6.34. The Balaban J connectivity index is 1.43. The zero-order valence-corrected chi connectivity index (χ0v) is 20.4. The molecular formula is C25H31BrN4O3. The number of nitrogens with one attached hydrogen (secondary N) is 2. The highest BCUT2D eigenvalue weighted by Gasteiger charge is 2.21. The van der Waals surface area contributed by atoms with Gasteiger partial charge in [0.2, 0.25) is 0 Å². The predicted molar refractivity (Wildman–Crippen MR) is 134 cm³/mol. The van der Waals surface area contributed by atoms with Crippen LogP contribution in [0.2, 0.25) is 0 Å². The van der Waals surface area contributed by atoms with E-state index >= 15 is 0 Å². The predicted octanol–water partition coefficient (Wildman–Crippen LogP) is 3.75. The molecular weight excluding hydrogens is 484 g/mol. The van der Waals surface area contributed by atoms with Gasteiger partial charge in [0, 0.05) is 48.6 Å². The second-order valence-electron chi connectivity index (χ2n) is 8.42. The molecule has 2 aromatic rings. The van der Waals surface area contributed by atoms with Gasteiger partial charge in [-0.05, 0) is 72.1 Å². The van der Waals surface area contributed by atoms with Gasteiger partial charge in [-0.3, -0.25) is 14.5 Å². The van der Waals surface area contributed by atoms with Gasteiger partial charge in [0.15, 0.2) is 0 Å². The van der Waals surface area contributed by atoms with Crippen molar-refractivity contribution in [1.29, 1.82) is 0 Å². The van der Waals surface area contributed by atoms with Crippen LogP contribution in [0, 0.1) is 0 Å². The first kappa shape index (κ1) is 23.7. The third-order valence-corrected chi connectivity index (χ3v) is 6.80. The van der Waals surface area contributed by atoms with Crippen LogP contribution < -0.4 is 15.5 Å². The summed E-state index contributed by atoms with van der Waals surface area (Å²) < 4.78 is 6.12. The molecule has 2 heterocycles. The van der Waals surface area contributed by atoms with E-state index in [1.807, 2.05) is 30.3 Å². The minimum absolute atomic E-state index is 0.101. The van der Waals surface area contributed by atoms with Crippen molar-refractivity contribution in [2.75, 3.05) is 62.7 Å². The van der Waals surface area contributed by atoms with Crippen LogP contribution in [-0.4, -0.2) is 69.2 Å². The number of anilines is 2. The summed E-state index contributed by atoms with van der Waals surface area (Å²) in [6.45, 7) is 6.92. The minimum Gasteiger partial charge on any atom is -0.379 e. The summed E-state index contributed by atoms with van der Waals surface area (Å²) in [5, 5.41) is 6.02. The summed E-state index contributed by atoms with van der Waals surface area (Å²) in [5.41, 5.74) is 2.69. The van der Waals surface area contributed by atoms with Crippen LogP contribution in [0.5, 0.6) is 0 Å². The molecule has 2 aliphatic heterocycles. The van der Waals surface area contributed by atoms with E-state index in [1.165, 1.54) is 0 Å². The number of halogens is 1. The van der Waals surface area contributed by atoms with Gasteiger partial charge in [0.1, 0.15) is 0 Å². The van der Waals surface area contributed by atoms with Gasteiger partial charge in [-0.15, -0.1) is 0 Å². The van der Waals surface area contributed by atoms with E-state index in [-0.39, 0.29) is 11.8 Å². The number of hydrogen-bond donors (Lipinski definition) is 2. The summed E-state index contributed by atoms with van der Waals surface area (Å²) in [6, 6.07) is 12.9. The van der Waals surface area contributed by atoms with Crippen LogP contribution in [0.15, 0.2) is 46.9 Å². The van der Waals surface area contributed by atoms with Crippen molar-refractivity contribution in [2.24, 2.45) is 0 Å². The van der Waals surface area contributed by atoms with Gasteiger partial charge in [-0.25, -0.2) is 0 Å². The zero-order chi connectivity index (χ0) is 23.0. The standard InChI is InChI=1S/C25H31BrN4O3/c26-22-7-2-1-6-20(22)25(32)28-19-8-9-23(30-12-3-4-13-30)21(18-19)24(31)27-10-5-11-29-14-16-33-17-15-29/h1-2,6-9,18H,3-5,10-17H2,(H,27,31)(H,28,32). The maximum absolute atomic E-state index is 13.1. The molecule has 0 saturated carbocycles. The van der Waals surface area contributed by atoms with Crippen LogP contribution in [0.25, 0.3) is 0 Å². The smallest absolute Gasteiger partial charge is 0.256 e. The molecule has 2 fully saturated rings. The molecule has 2 aromatic carbocycles. The number of ether oxygens (including phenoxy) is 1. The third-order valence-electron chi connectivity index (χ3n) is 6.10. The maximum atomic E-state index is 13.1. The van der Waals surface area contributed by atoms with E-state index in [0.717, 1.165) is 75.4 Å². The van der Waals surface area contributed by atoms with Crippen molar-refractivity contribution < 1.29 is 14.3 Å². The van der Waals surface area contributed by atoms with Crippen molar-refractivity contribution in [3.63, 3.8) is 0 Å². The first-order chi connectivity index (χ1) is 16.1. The number of carbonyl (C=O) groups excluding carboxylic acids is 2. The first-order valence-corrected chi connectivity index (χ1v) is 12.4. The van der Waals surface area contributed by atoms with Crippen LogP contribution in [-0.2, 0) is 4.74 Å². The average Bonchev–Trinajstić information content (AvgIpc) is 3.37. The van der Waals surface area contributed by atoms with E-state index in [1.54, 1.807) is 12.1 Å². The Morgan fingerprint density at radius 1 is 0.939 bits per heavy atom. The molecule has 0 aliphatic carbocycles. The minimum atomic E-state index is -0.215. The van der Waals surface area contributed by atoms with Crippen LogP contribution in [0.3, 0.4) is 0 Å². The summed E-state index contributed by atoms with van der Waals surface area (Å²) in [7, 11) is 0. The molecule has 2 aliphatic rings. The molecule has 0 spiro atoms. The SMILES string of the molecule is O=C(Nc1ccc(N2CCCC2)c(C(=O)NCCCN2CCOCC2)c1)c1ccccc1Br. The lowest BCUT2D eigenvalue weighted by Crippen LogP contribution is -2.38. The Labute approximate surface area is 203 Å². The van der Waals surface area contributed by atoms with Crippen LogP contribution in [0.1, 0.15) is 40.0 Å². The Morgan fingerprint density at radius 3 is 2.45 bits per heavy atom. The molecule has 176 valence electrons. The van der Waals surface area contributed by atoms with Gasteiger partial charge in [-0.1, -0.05) is 12.1 Å². The largest absolute Gasteiger partial charge is 0.379 e. The highest BCUT2D eigenvalue weighted by Crippen LogP contribution is 2.28. The Hall–Kier alpha value is -2.42. The maximum Gasteiger partial charge on any atom is 0.256 e. The number of morpholine rings is 1. The van der Waals surface area contributed by atoms with Gasteiger partial charge < -0.3 is 20.3 Å². The van der Waals surface area contributed by atoms with E-state index in [0.29, 0.717) is 23.4 Å². The highest BCUT2D eigenvalue weighted by atomic mass is 79.9. The second-order valence-corrected chi connectivity index (χ2v) is 9.28. The van der Waals surface area contributed by atoms with E-state index in [2.05, 4.69) is 36.4 Å². The Morgan fingerprint density at radius 2 is 1.70 bits per heavy atom. The van der Waals surface area contributed by atoms with Crippen LogP contribution in [0.4, 0.5) is 11.4 Å². The monoisotopic (exact) mass is 514 g/mol. The molecule has 2 N–H and O–H groups in total. The highest BCUT2D eigenvalue weighted by molar-refractivity contribution is 9.10. The molecule has 0 radical (unpaired) electrons. The number of benzene rings is 2. The fourth-order valence-electron chi connectivity index (χ4n) is 4.30.